The molecule has 0 aliphatic heterocycles. The van der Waals surface area contributed by atoms with Crippen molar-refractivity contribution in [1.82, 2.24) is 9.97 Å². The smallest absolute Gasteiger partial charge is 0.242 e. The zero-order valence-electron chi connectivity index (χ0n) is 6.55. The van der Waals surface area contributed by atoms with E-state index in [2.05, 4.69) is 9.97 Å². The van der Waals surface area contributed by atoms with E-state index in [0.29, 0.717) is 30.3 Å². The first-order chi connectivity index (χ1) is 5.27. The van der Waals surface area contributed by atoms with E-state index in [4.69, 9.17) is 4.74 Å². The Morgan fingerprint density at radius 3 is 3.00 bits per heavy atom. The second-order valence-electron chi connectivity index (χ2n) is 2.09. The molecule has 4 nitrogen and oxygen atoms in total. The van der Waals surface area contributed by atoms with Gasteiger partial charge in [0.1, 0.15) is 11.5 Å². The van der Waals surface area contributed by atoms with Crippen LogP contribution < -0.4 is 4.74 Å². The Hall–Kier alpha value is -1.32. The summed E-state index contributed by atoms with van der Waals surface area (Å²) in [6, 6.07) is 0. The Labute approximate surface area is 64.6 Å². The van der Waals surface area contributed by atoms with Gasteiger partial charge in [-0.05, 0) is 13.8 Å². The van der Waals surface area contributed by atoms with Crippen molar-refractivity contribution in [2.24, 2.45) is 0 Å². The van der Waals surface area contributed by atoms with Crippen molar-refractivity contribution < 1.29 is 9.53 Å². The van der Waals surface area contributed by atoms with Crippen LogP contribution in [0.4, 0.5) is 0 Å². The fraction of sp³-hybridized carbons (Fsp3) is 0.429. The first-order valence-electron chi connectivity index (χ1n) is 3.42. The Balaban J connectivity index is 2.92. The van der Waals surface area contributed by atoms with Crippen molar-refractivity contribution in [2.45, 2.75) is 13.8 Å². The van der Waals surface area contributed by atoms with Gasteiger partial charge in [-0.15, -0.1) is 0 Å². The highest BCUT2D eigenvalue weighted by atomic mass is 16.5. The second-order valence-corrected chi connectivity index (χ2v) is 2.09. The monoisotopic (exact) mass is 154 g/mol. The van der Waals surface area contributed by atoms with E-state index in [1.807, 2.05) is 6.92 Å². The molecular weight excluding hydrogens is 144 g/mol. The van der Waals surface area contributed by atoms with Gasteiger partial charge in [0.25, 0.3) is 0 Å². The first kappa shape index (κ1) is 7.78. The van der Waals surface area contributed by atoms with Crippen molar-refractivity contribution in [1.29, 1.82) is 0 Å². The number of aromatic nitrogens is 2. The fourth-order valence-electron chi connectivity index (χ4n) is 0.815. The summed E-state index contributed by atoms with van der Waals surface area (Å²) in [4.78, 5) is 17.1. The Morgan fingerprint density at radius 2 is 2.45 bits per heavy atom. The number of aldehydes is 1. The third-order valence-electron chi connectivity index (χ3n) is 1.21. The lowest BCUT2D eigenvalue weighted by Crippen LogP contribution is -1.94. The number of carbonyl (C=O) groups is 1. The molecule has 1 N–H and O–H groups in total. The molecule has 0 amide bonds. The molecule has 0 fully saturated rings. The lowest BCUT2D eigenvalue weighted by atomic mass is 10.5. The highest BCUT2D eigenvalue weighted by Crippen LogP contribution is 2.11. The van der Waals surface area contributed by atoms with Crippen LogP contribution in [0.15, 0.2) is 0 Å². The largest absolute Gasteiger partial charge is 0.476 e. The van der Waals surface area contributed by atoms with E-state index in [-0.39, 0.29) is 0 Å². The van der Waals surface area contributed by atoms with Gasteiger partial charge in [0.2, 0.25) is 5.88 Å². The molecule has 0 bridgehead atoms. The molecule has 0 aromatic carbocycles. The van der Waals surface area contributed by atoms with E-state index < -0.39 is 0 Å². The fourth-order valence-corrected chi connectivity index (χ4v) is 0.815. The van der Waals surface area contributed by atoms with Gasteiger partial charge in [0.15, 0.2) is 6.29 Å². The Bertz CT molecular complexity index is 255. The minimum absolute atomic E-state index is 0.389. The maximum absolute atomic E-state index is 10.4. The molecule has 0 aliphatic carbocycles. The van der Waals surface area contributed by atoms with Crippen molar-refractivity contribution in [3.8, 4) is 5.88 Å². The number of ether oxygens (including phenoxy) is 1. The van der Waals surface area contributed by atoms with Gasteiger partial charge in [-0.1, -0.05) is 0 Å². The number of aromatic amines is 1. The van der Waals surface area contributed by atoms with E-state index >= 15 is 0 Å². The average molecular weight is 154 g/mol. The molecule has 1 rings (SSSR count). The van der Waals surface area contributed by atoms with Crippen LogP contribution in [0.5, 0.6) is 5.88 Å². The van der Waals surface area contributed by atoms with E-state index in [1.165, 1.54) is 0 Å². The quantitative estimate of drug-likeness (QED) is 0.659. The van der Waals surface area contributed by atoms with Gasteiger partial charge < -0.3 is 9.72 Å². The average Bonchev–Trinajstić information content (AvgIpc) is 2.32. The number of rotatable bonds is 3. The van der Waals surface area contributed by atoms with Gasteiger partial charge >= 0.3 is 0 Å². The van der Waals surface area contributed by atoms with E-state index in [9.17, 15) is 4.79 Å². The molecule has 0 saturated heterocycles. The normalized spacial score (nSPS) is 9.64. The van der Waals surface area contributed by atoms with Crippen LogP contribution in [0.1, 0.15) is 23.2 Å². The number of imidazole rings is 1. The second kappa shape index (κ2) is 3.18. The molecule has 0 radical (unpaired) electrons. The maximum Gasteiger partial charge on any atom is 0.242 e. The molecular formula is C7H10N2O2. The van der Waals surface area contributed by atoms with Crippen LogP contribution in [-0.2, 0) is 0 Å². The molecule has 0 atom stereocenters. The van der Waals surface area contributed by atoms with Crippen molar-refractivity contribution in [3.05, 3.63) is 11.5 Å². The van der Waals surface area contributed by atoms with E-state index in [1.54, 1.807) is 6.92 Å². The molecule has 0 aliphatic rings. The van der Waals surface area contributed by atoms with Gasteiger partial charge in [-0.2, -0.15) is 4.98 Å². The number of carbonyl (C=O) groups excluding carboxylic acids is 1. The number of nitrogens with one attached hydrogen (secondary N) is 1. The van der Waals surface area contributed by atoms with Crippen LogP contribution in [0.25, 0.3) is 0 Å². The number of H-pyrrole nitrogens is 1. The summed E-state index contributed by atoms with van der Waals surface area (Å²) in [6.45, 7) is 4.14. The molecule has 1 heterocycles. The minimum atomic E-state index is 0.389. The van der Waals surface area contributed by atoms with Crippen molar-refractivity contribution >= 4 is 6.29 Å². The highest BCUT2D eigenvalue weighted by Gasteiger charge is 2.06. The summed E-state index contributed by atoms with van der Waals surface area (Å²) >= 11 is 0. The molecule has 0 saturated carbocycles. The Kier molecular flexibility index (Phi) is 2.25. The number of aryl methyl sites for hydroxylation is 1. The standard InChI is InChI=1S/C7H10N2O2/c1-3-11-7-6(4-10)8-5(2)9-7/h4H,3H2,1-2H3,(H,8,9). The third-order valence-corrected chi connectivity index (χ3v) is 1.21. The third kappa shape index (κ3) is 1.58. The summed E-state index contributed by atoms with van der Waals surface area (Å²) in [6.07, 6.45) is 0.699. The lowest BCUT2D eigenvalue weighted by Gasteiger charge is -1.95. The van der Waals surface area contributed by atoms with E-state index in [0.717, 1.165) is 0 Å². The van der Waals surface area contributed by atoms with Crippen LogP contribution in [-0.4, -0.2) is 22.9 Å². The maximum atomic E-state index is 10.4. The minimum Gasteiger partial charge on any atom is -0.476 e. The summed E-state index contributed by atoms with van der Waals surface area (Å²) < 4.78 is 5.08. The molecule has 60 valence electrons. The zero-order valence-corrected chi connectivity index (χ0v) is 6.55. The topological polar surface area (TPSA) is 55.0 Å². The number of nitrogens with zero attached hydrogens (tertiary/aromatic N) is 1. The summed E-state index contributed by atoms with van der Waals surface area (Å²) in [5.41, 5.74) is 0.407. The molecule has 11 heavy (non-hydrogen) atoms. The van der Waals surface area contributed by atoms with Gasteiger partial charge in [0.05, 0.1) is 6.61 Å². The molecule has 0 spiro atoms. The Morgan fingerprint density at radius 1 is 1.73 bits per heavy atom. The van der Waals surface area contributed by atoms with Crippen LogP contribution in [0.2, 0.25) is 0 Å². The predicted octanol–water partition coefficient (Wildman–Crippen LogP) is 0.929. The number of hydrogen-bond donors (Lipinski definition) is 1. The van der Waals surface area contributed by atoms with Crippen LogP contribution in [0, 0.1) is 6.92 Å². The summed E-state index contributed by atoms with van der Waals surface area (Å²) in [7, 11) is 0. The van der Waals surface area contributed by atoms with Gasteiger partial charge in [-0.3, -0.25) is 4.79 Å². The molecule has 0 unspecified atom stereocenters. The molecule has 1 aromatic heterocycles. The van der Waals surface area contributed by atoms with Crippen molar-refractivity contribution in [2.75, 3.05) is 6.61 Å². The first-order valence-corrected chi connectivity index (χ1v) is 3.42. The zero-order chi connectivity index (χ0) is 8.27. The SMILES string of the molecule is CCOc1nc(C)[nH]c1C=O. The van der Waals surface area contributed by atoms with Gasteiger partial charge in [0, 0.05) is 0 Å². The highest BCUT2D eigenvalue weighted by molar-refractivity contribution is 5.75. The van der Waals surface area contributed by atoms with Crippen molar-refractivity contribution in [3.63, 3.8) is 0 Å². The summed E-state index contributed by atoms with van der Waals surface area (Å²) in [5, 5.41) is 0. The molecule has 4 heteroatoms. The number of hydrogen-bond acceptors (Lipinski definition) is 3. The van der Waals surface area contributed by atoms with Crippen LogP contribution >= 0.6 is 0 Å². The lowest BCUT2D eigenvalue weighted by molar-refractivity contribution is 0.111. The predicted molar refractivity (Wildman–Crippen MR) is 39.9 cm³/mol. The summed E-state index contributed by atoms with van der Waals surface area (Å²) in [5.74, 6) is 1.08. The van der Waals surface area contributed by atoms with Gasteiger partial charge in [-0.25, -0.2) is 0 Å². The van der Waals surface area contributed by atoms with Crippen LogP contribution in [0.3, 0.4) is 0 Å². The molecule has 1 aromatic rings.